The lowest BCUT2D eigenvalue weighted by atomic mass is 9.94. The van der Waals surface area contributed by atoms with Gasteiger partial charge in [0.2, 0.25) is 0 Å². The van der Waals surface area contributed by atoms with Crippen LogP contribution in [0.15, 0.2) is 41.9 Å². The maximum absolute atomic E-state index is 4.23. The molecule has 2 nitrogen and oxygen atoms in total. The SMILES string of the molecule is C1=CC2=Cc3ncncc3CC2=C1. The summed E-state index contributed by atoms with van der Waals surface area (Å²) < 4.78 is 0. The van der Waals surface area contributed by atoms with Crippen LogP contribution in [0.1, 0.15) is 11.3 Å². The number of rotatable bonds is 0. The quantitative estimate of drug-likeness (QED) is 0.591. The lowest BCUT2D eigenvalue weighted by Crippen LogP contribution is -2.02. The highest BCUT2D eigenvalue weighted by Crippen LogP contribution is 2.29. The van der Waals surface area contributed by atoms with Crippen molar-refractivity contribution < 1.29 is 0 Å². The summed E-state index contributed by atoms with van der Waals surface area (Å²) in [6, 6.07) is 0. The molecule has 1 heterocycles. The maximum Gasteiger partial charge on any atom is 0.116 e. The Morgan fingerprint density at radius 1 is 1.31 bits per heavy atom. The minimum atomic E-state index is 0.967. The van der Waals surface area contributed by atoms with Crippen LogP contribution in [0.25, 0.3) is 6.08 Å². The second-order valence-corrected chi connectivity index (χ2v) is 3.26. The summed E-state index contributed by atoms with van der Waals surface area (Å²) in [5.74, 6) is 0. The number of fused-ring (bicyclic) bond motifs is 2. The van der Waals surface area contributed by atoms with Crippen molar-refractivity contribution >= 4 is 6.08 Å². The highest BCUT2D eigenvalue weighted by atomic mass is 14.8. The van der Waals surface area contributed by atoms with E-state index in [-0.39, 0.29) is 0 Å². The van der Waals surface area contributed by atoms with Gasteiger partial charge in [-0.05, 0) is 17.2 Å². The largest absolute Gasteiger partial charge is 0.244 e. The number of hydrogen-bond donors (Lipinski definition) is 0. The van der Waals surface area contributed by atoms with Gasteiger partial charge >= 0.3 is 0 Å². The highest BCUT2D eigenvalue weighted by Gasteiger charge is 2.15. The van der Waals surface area contributed by atoms with Crippen LogP contribution in [-0.2, 0) is 6.42 Å². The van der Waals surface area contributed by atoms with E-state index in [0.717, 1.165) is 12.1 Å². The molecule has 13 heavy (non-hydrogen) atoms. The van der Waals surface area contributed by atoms with Crippen LogP contribution in [0.5, 0.6) is 0 Å². The molecule has 1 aromatic heterocycles. The van der Waals surface area contributed by atoms with E-state index in [1.807, 2.05) is 6.20 Å². The molecule has 2 aliphatic rings. The van der Waals surface area contributed by atoms with E-state index >= 15 is 0 Å². The normalized spacial score (nSPS) is 17.5. The first kappa shape index (κ1) is 6.78. The molecule has 3 rings (SSSR count). The average molecular weight is 168 g/mol. The molecule has 62 valence electrons. The van der Waals surface area contributed by atoms with Gasteiger partial charge in [-0.2, -0.15) is 0 Å². The molecule has 0 aromatic carbocycles. The van der Waals surface area contributed by atoms with E-state index < -0.39 is 0 Å². The molecular formula is C11H8N2. The van der Waals surface area contributed by atoms with Crippen LogP contribution < -0.4 is 0 Å². The van der Waals surface area contributed by atoms with E-state index in [2.05, 4.69) is 34.3 Å². The van der Waals surface area contributed by atoms with Gasteiger partial charge in [0, 0.05) is 18.2 Å². The van der Waals surface area contributed by atoms with Crippen molar-refractivity contribution in [1.29, 1.82) is 0 Å². The standard InChI is InChI=1S/C11H8N2/c1-2-8-4-10-6-12-7-13-11(10)5-9(8)3-1/h1-3,5-7H,4H2. The van der Waals surface area contributed by atoms with Gasteiger partial charge in [-0.25, -0.2) is 9.97 Å². The zero-order valence-electron chi connectivity index (χ0n) is 7.07. The van der Waals surface area contributed by atoms with E-state index in [0.29, 0.717) is 0 Å². The predicted molar refractivity (Wildman–Crippen MR) is 50.9 cm³/mol. The number of allylic oxidation sites excluding steroid dienone is 5. The first-order valence-corrected chi connectivity index (χ1v) is 4.32. The molecule has 0 atom stereocenters. The number of aromatic nitrogens is 2. The fraction of sp³-hybridized carbons (Fsp3) is 0.0909. The Bertz CT molecular complexity index is 453. The molecule has 2 aliphatic carbocycles. The van der Waals surface area contributed by atoms with Gasteiger partial charge in [0.1, 0.15) is 6.33 Å². The zero-order chi connectivity index (χ0) is 8.67. The Morgan fingerprint density at radius 3 is 3.31 bits per heavy atom. The molecule has 0 saturated heterocycles. The van der Waals surface area contributed by atoms with Crippen molar-refractivity contribution in [1.82, 2.24) is 9.97 Å². The minimum absolute atomic E-state index is 0.967. The van der Waals surface area contributed by atoms with E-state index in [1.165, 1.54) is 16.7 Å². The van der Waals surface area contributed by atoms with Gasteiger partial charge in [0.05, 0.1) is 5.69 Å². The summed E-state index contributed by atoms with van der Waals surface area (Å²) in [6.45, 7) is 0. The number of hydrogen-bond acceptors (Lipinski definition) is 2. The van der Waals surface area contributed by atoms with Crippen LogP contribution in [0.4, 0.5) is 0 Å². The summed E-state index contributed by atoms with van der Waals surface area (Å²) in [5, 5.41) is 0. The van der Waals surface area contributed by atoms with Crippen molar-refractivity contribution in [3.05, 3.63) is 53.2 Å². The van der Waals surface area contributed by atoms with Crippen molar-refractivity contribution in [2.75, 3.05) is 0 Å². The molecule has 0 aliphatic heterocycles. The Morgan fingerprint density at radius 2 is 2.31 bits per heavy atom. The van der Waals surface area contributed by atoms with E-state index in [4.69, 9.17) is 0 Å². The summed E-state index contributed by atoms with van der Waals surface area (Å²) in [6.07, 6.45) is 12.9. The second-order valence-electron chi connectivity index (χ2n) is 3.26. The monoisotopic (exact) mass is 168 g/mol. The Hall–Kier alpha value is -1.70. The minimum Gasteiger partial charge on any atom is -0.244 e. The molecule has 0 saturated carbocycles. The molecule has 0 amide bonds. The topological polar surface area (TPSA) is 25.8 Å². The Kier molecular flexibility index (Phi) is 1.25. The Labute approximate surface area is 76.3 Å². The first-order chi connectivity index (χ1) is 6.43. The van der Waals surface area contributed by atoms with Crippen molar-refractivity contribution in [2.45, 2.75) is 6.42 Å². The molecule has 0 bridgehead atoms. The summed E-state index contributed by atoms with van der Waals surface area (Å²) in [7, 11) is 0. The third-order valence-electron chi connectivity index (χ3n) is 2.44. The van der Waals surface area contributed by atoms with Crippen LogP contribution in [0.2, 0.25) is 0 Å². The van der Waals surface area contributed by atoms with Gasteiger partial charge in [-0.3, -0.25) is 0 Å². The lowest BCUT2D eigenvalue weighted by Gasteiger charge is -2.13. The Balaban J connectivity index is 2.21. The maximum atomic E-state index is 4.23. The lowest BCUT2D eigenvalue weighted by molar-refractivity contribution is 1.04. The second kappa shape index (κ2) is 2.39. The van der Waals surface area contributed by atoms with E-state index in [1.54, 1.807) is 6.33 Å². The van der Waals surface area contributed by atoms with Crippen LogP contribution in [0.3, 0.4) is 0 Å². The molecule has 0 spiro atoms. The van der Waals surface area contributed by atoms with Gasteiger partial charge in [0.15, 0.2) is 0 Å². The van der Waals surface area contributed by atoms with Crippen LogP contribution in [-0.4, -0.2) is 9.97 Å². The molecule has 1 aromatic rings. The molecule has 0 fully saturated rings. The van der Waals surface area contributed by atoms with E-state index in [9.17, 15) is 0 Å². The molecule has 0 N–H and O–H groups in total. The third-order valence-corrected chi connectivity index (χ3v) is 2.44. The fourth-order valence-electron chi connectivity index (χ4n) is 1.76. The van der Waals surface area contributed by atoms with Gasteiger partial charge in [-0.15, -0.1) is 0 Å². The fourth-order valence-corrected chi connectivity index (χ4v) is 1.76. The van der Waals surface area contributed by atoms with Crippen molar-refractivity contribution in [2.24, 2.45) is 0 Å². The van der Waals surface area contributed by atoms with Gasteiger partial charge in [-0.1, -0.05) is 18.2 Å². The third kappa shape index (κ3) is 0.952. The molecule has 2 heteroatoms. The smallest absolute Gasteiger partial charge is 0.116 e. The van der Waals surface area contributed by atoms with Crippen molar-refractivity contribution in [3.63, 3.8) is 0 Å². The van der Waals surface area contributed by atoms with Crippen LogP contribution >= 0.6 is 0 Å². The molecule has 0 radical (unpaired) electrons. The predicted octanol–water partition coefficient (Wildman–Crippen LogP) is 1.91. The highest BCUT2D eigenvalue weighted by molar-refractivity contribution is 5.69. The zero-order valence-corrected chi connectivity index (χ0v) is 7.07. The van der Waals surface area contributed by atoms with Crippen molar-refractivity contribution in [3.8, 4) is 0 Å². The average Bonchev–Trinajstić information content (AvgIpc) is 2.61. The summed E-state index contributed by atoms with van der Waals surface area (Å²) >= 11 is 0. The summed E-state index contributed by atoms with van der Waals surface area (Å²) in [5.41, 5.74) is 4.96. The van der Waals surface area contributed by atoms with Crippen LogP contribution in [0, 0.1) is 0 Å². The molecule has 0 unspecified atom stereocenters. The summed E-state index contributed by atoms with van der Waals surface area (Å²) in [4.78, 5) is 8.26. The molecular weight excluding hydrogens is 160 g/mol. The first-order valence-electron chi connectivity index (χ1n) is 4.32. The number of nitrogens with zero attached hydrogens (tertiary/aromatic N) is 2. The van der Waals surface area contributed by atoms with Gasteiger partial charge < -0.3 is 0 Å². The van der Waals surface area contributed by atoms with Gasteiger partial charge in [0.25, 0.3) is 0 Å².